The van der Waals surface area contributed by atoms with Gasteiger partial charge in [-0.1, -0.05) is 30.3 Å². The third-order valence-electron chi connectivity index (χ3n) is 3.45. The van der Waals surface area contributed by atoms with Crippen molar-refractivity contribution in [2.45, 2.75) is 20.0 Å². The van der Waals surface area contributed by atoms with Crippen LogP contribution < -0.4 is 4.74 Å². The smallest absolute Gasteiger partial charge is 0.264 e. The van der Waals surface area contributed by atoms with E-state index >= 15 is 0 Å². The molecule has 2 rings (SSSR count). The third kappa shape index (κ3) is 3.81. The van der Waals surface area contributed by atoms with Crippen LogP contribution in [0.15, 0.2) is 48.8 Å². The van der Waals surface area contributed by atoms with Crippen molar-refractivity contribution in [3.8, 4) is 5.75 Å². The number of aliphatic hydroxyl groups excluding tert-OH is 1. The fourth-order valence-corrected chi connectivity index (χ4v) is 2.51. The van der Waals surface area contributed by atoms with E-state index in [0.717, 1.165) is 18.7 Å². The highest BCUT2D eigenvalue weighted by Crippen LogP contribution is 2.29. The molecule has 0 aliphatic heterocycles. The largest absolute Gasteiger partial charge is 0.430 e. The van der Waals surface area contributed by atoms with Gasteiger partial charge in [-0.25, -0.2) is 0 Å². The molecule has 0 bridgehead atoms. The predicted octanol–water partition coefficient (Wildman–Crippen LogP) is 3.17. The van der Waals surface area contributed by atoms with Gasteiger partial charge in [-0.15, -0.1) is 0 Å². The molecule has 0 saturated carbocycles. The molecule has 0 aliphatic rings. The van der Waals surface area contributed by atoms with Gasteiger partial charge < -0.3 is 14.7 Å². The van der Waals surface area contributed by atoms with E-state index in [4.69, 9.17) is 17.0 Å². The molecule has 1 atom stereocenters. The molecular weight excluding hydrogens is 296 g/mol. The van der Waals surface area contributed by atoms with Gasteiger partial charge in [0.2, 0.25) is 0 Å². The fraction of sp³-hybridized carbons (Fsp3) is 0.294. The van der Waals surface area contributed by atoms with Gasteiger partial charge in [-0.05, 0) is 37.7 Å². The fourth-order valence-electron chi connectivity index (χ4n) is 2.16. The molecule has 2 aromatic rings. The molecular formula is C17H20N2O2S. The Morgan fingerprint density at radius 2 is 1.91 bits per heavy atom. The molecule has 1 heterocycles. The molecule has 1 aromatic carbocycles. The van der Waals surface area contributed by atoms with Gasteiger partial charge in [0.05, 0.1) is 6.20 Å². The summed E-state index contributed by atoms with van der Waals surface area (Å²) in [5.41, 5.74) is 1.45. The summed E-state index contributed by atoms with van der Waals surface area (Å²) in [6, 6.07) is 11.2. The number of ether oxygens (including phenoxy) is 1. The number of pyridine rings is 1. The van der Waals surface area contributed by atoms with Gasteiger partial charge in [-0.3, -0.25) is 4.98 Å². The molecule has 116 valence electrons. The highest BCUT2D eigenvalue weighted by Gasteiger charge is 2.18. The van der Waals surface area contributed by atoms with Crippen LogP contribution in [-0.4, -0.2) is 33.3 Å². The first kappa shape index (κ1) is 16.4. The maximum Gasteiger partial charge on any atom is 0.264 e. The molecule has 0 aliphatic carbocycles. The quantitative estimate of drug-likeness (QED) is 0.859. The Bertz CT molecular complexity index is 615. The summed E-state index contributed by atoms with van der Waals surface area (Å²) >= 11 is 5.31. The van der Waals surface area contributed by atoms with Crippen LogP contribution in [0.2, 0.25) is 0 Å². The summed E-state index contributed by atoms with van der Waals surface area (Å²) in [5, 5.41) is 11.0. The lowest BCUT2D eigenvalue weighted by Crippen LogP contribution is -2.33. The zero-order chi connectivity index (χ0) is 15.9. The summed E-state index contributed by atoms with van der Waals surface area (Å²) in [5.74, 6) is 0.482. The lowest BCUT2D eigenvalue weighted by Gasteiger charge is -2.23. The lowest BCUT2D eigenvalue weighted by atomic mass is 10.0. The van der Waals surface area contributed by atoms with Gasteiger partial charge in [0.25, 0.3) is 5.17 Å². The van der Waals surface area contributed by atoms with Crippen LogP contribution >= 0.6 is 12.2 Å². The van der Waals surface area contributed by atoms with Crippen LogP contribution in [0.3, 0.4) is 0 Å². The van der Waals surface area contributed by atoms with Crippen molar-refractivity contribution >= 4 is 17.4 Å². The molecule has 1 aromatic heterocycles. The van der Waals surface area contributed by atoms with Crippen molar-refractivity contribution in [2.24, 2.45) is 0 Å². The minimum absolute atomic E-state index is 0.388. The van der Waals surface area contributed by atoms with Crippen molar-refractivity contribution in [3.05, 3.63) is 59.9 Å². The van der Waals surface area contributed by atoms with Crippen molar-refractivity contribution in [1.82, 2.24) is 9.88 Å². The average Bonchev–Trinajstić information content (AvgIpc) is 2.56. The first-order chi connectivity index (χ1) is 10.7. The van der Waals surface area contributed by atoms with E-state index in [1.54, 1.807) is 18.5 Å². The summed E-state index contributed by atoms with van der Waals surface area (Å²) in [6.07, 6.45) is 2.44. The molecule has 0 saturated heterocycles. The molecule has 1 unspecified atom stereocenters. The number of hydrogen-bond donors (Lipinski definition) is 1. The Labute approximate surface area is 136 Å². The zero-order valence-electron chi connectivity index (χ0n) is 12.8. The molecule has 4 nitrogen and oxygen atoms in total. The Hall–Kier alpha value is -1.98. The first-order valence-electron chi connectivity index (χ1n) is 7.31. The van der Waals surface area contributed by atoms with Gasteiger partial charge in [0.15, 0.2) is 5.75 Å². The highest BCUT2D eigenvalue weighted by molar-refractivity contribution is 7.80. The lowest BCUT2D eigenvalue weighted by molar-refractivity contribution is 0.216. The summed E-state index contributed by atoms with van der Waals surface area (Å²) in [4.78, 5) is 6.00. The number of aliphatic hydroxyl groups is 1. The van der Waals surface area contributed by atoms with E-state index in [1.165, 1.54) is 0 Å². The number of rotatable bonds is 5. The average molecular weight is 316 g/mol. The third-order valence-corrected chi connectivity index (χ3v) is 3.79. The van der Waals surface area contributed by atoms with Crippen molar-refractivity contribution < 1.29 is 9.84 Å². The van der Waals surface area contributed by atoms with Crippen LogP contribution in [0.4, 0.5) is 0 Å². The standard InChI is InChI=1S/C17H20N2O2S/c1-3-19(4-2)17(22)21-15-12-18-11-10-14(15)16(20)13-8-6-5-7-9-13/h5-12,16,20H,3-4H2,1-2H3. The Morgan fingerprint density at radius 3 is 2.55 bits per heavy atom. The summed E-state index contributed by atoms with van der Waals surface area (Å²) in [6.45, 7) is 5.57. The zero-order valence-corrected chi connectivity index (χ0v) is 13.6. The van der Waals surface area contributed by atoms with Crippen LogP contribution in [0.5, 0.6) is 5.75 Å². The number of hydrogen-bond acceptors (Lipinski definition) is 4. The summed E-state index contributed by atoms with van der Waals surface area (Å²) in [7, 11) is 0. The highest BCUT2D eigenvalue weighted by atomic mass is 32.1. The molecule has 1 N–H and O–H groups in total. The second-order valence-electron chi connectivity index (χ2n) is 4.77. The van der Waals surface area contributed by atoms with Crippen LogP contribution in [0, 0.1) is 0 Å². The maximum absolute atomic E-state index is 10.6. The van der Waals surface area contributed by atoms with E-state index in [0.29, 0.717) is 16.5 Å². The SMILES string of the molecule is CCN(CC)C(=S)Oc1cnccc1C(O)c1ccccc1. The van der Waals surface area contributed by atoms with Crippen molar-refractivity contribution in [2.75, 3.05) is 13.1 Å². The Morgan fingerprint density at radius 1 is 1.23 bits per heavy atom. The van der Waals surface area contributed by atoms with Crippen LogP contribution in [0.1, 0.15) is 31.1 Å². The van der Waals surface area contributed by atoms with Gasteiger partial charge >= 0.3 is 0 Å². The predicted molar refractivity (Wildman–Crippen MR) is 90.9 cm³/mol. The Kier molecular flexibility index (Phi) is 5.86. The molecule has 0 radical (unpaired) electrons. The topological polar surface area (TPSA) is 45.6 Å². The van der Waals surface area contributed by atoms with E-state index in [2.05, 4.69) is 4.98 Å². The number of benzene rings is 1. The molecule has 5 heteroatoms. The first-order valence-corrected chi connectivity index (χ1v) is 7.71. The van der Waals surface area contributed by atoms with Crippen LogP contribution in [-0.2, 0) is 0 Å². The van der Waals surface area contributed by atoms with Gasteiger partial charge in [0.1, 0.15) is 6.10 Å². The minimum Gasteiger partial charge on any atom is -0.430 e. The molecule has 22 heavy (non-hydrogen) atoms. The second kappa shape index (κ2) is 7.87. The van der Waals surface area contributed by atoms with Crippen molar-refractivity contribution in [3.63, 3.8) is 0 Å². The minimum atomic E-state index is -0.779. The normalized spacial score (nSPS) is 11.8. The maximum atomic E-state index is 10.6. The Balaban J connectivity index is 2.25. The van der Waals surface area contributed by atoms with E-state index in [9.17, 15) is 5.11 Å². The van der Waals surface area contributed by atoms with Crippen molar-refractivity contribution in [1.29, 1.82) is 0 Å². The number of aromatic nitrogens is 1. The van der Waals surface area contributed by atoms with Gasteiger partial charge in [0, 0.05) is 24.8 Å². The van der Waals surface area contributed by atoms with E-state index < -0.39 is 6.10 Å². The van der Waals surface area contributed by atoms with E-state index in [-0.39, 0.29) is 0 Å². The monoisotopic (exact) mass is 316 g/mol. The second-order valence-corrected chi connectivity index (χ2v) is 5.12. The van der Waals surface area contributed by atoms with Crippen LogP contribution in [0.25, 0.3) is 0 Å². The number of thiocarbonyl (C=S) groups is 1. The molecule has 0 spiro atoms. The molecule has 0 amide bonds. The number of nitrogens with zero attached hydrogens (tertiary/aromatic N) is 2. The summed E-state index contributed by atoms with van der Waals surface area (Å²) < 4.78 is 5.77. The van der Waals surface area contributed by atoms with Gasteiger partial charge in [-0.2, -0.15) is 0 Å². The van der Waals surface area contributed by atoms with E-state index in [1.807, 2.05) is 49.1 Å². The molecule has 0 fully saturated rings.